The molecule has 0 unspecified atom stereocenters. The first-order valence-electron chi connectivity index (χ1n) is 6.14. The van der Waals surface area contributed by atoms with Gasteiger partial charge < -0.3 is 10.1 Å². The van der Waals surface area contributed by atoms with Crippen LogP contribution in [-0.2, 0) is 13.1 Å². The predicted molar refractivity (Wildman–Crippen MR) is 77.2 cm³/mol. The molecule has 19 heavy (non-hydrogen) atoms. The number of hydrogen-bond acceptors (Lipinski definition) is 4. The highest BCUT2D eigenvalue weighted by Crippen LogP contribution is 2.25. The molecule has 1 aromatic heterocycles. The van der Waals surface area contributed by atoms with E-state index in [2.05, 4.69) is 38.3 Å². The summed E-state index contributed by atoms with van der Waals surface area (Å²) in [6, 6.07) is 6.00. The number of ether oxygens (including phenoxy) is 1. The molecule has 2 aromatic rings. The normalized spacial score (nSPS) is 10.7. The number of benzene rings is 1. The maximum Gasteiger partial charge on any atom is 0.164 e. The zero-order valence-electron chi connectivity index (χ0n) is 11.1. The molecule has 5 nitrogen and oxygen atoms in total. The van der Waals surface area contributed by atoms with E-state index in [1.807, 2.05) is 22.9 Å². The van der Waals surface area contributed by atoms with Crippen molar-refractivity contribution in [1.29, 1.82) is 0 Å². The highest BCUT2D eigenvalue weighted by Gasteiger charge is 2.04. The average Bonchev–Trinajstić information content (AvgIpc) is 2.84. The number of nitrogens with zero attached hydrogens (tertiary/aromatic N) is 3. The molecule has 1 aromatic carbocycles. The van der Waals surface area contributed by atoms with Gasteiger partial charge in [-0.2, -0.15) is 5.10 Å². The number of nitrogens with one attached hydrogen (secondary N) is 1. The summed E-state index contributed by atoms with van der Waals surface area (Å²) in [6.45, 7) is 4.38. The summed E-state index contributed by atoms with van der Waals surface area (Å²) in [6.07, 6.45) is 1.75. The summed E-state index contributed by atoms with van der Waals surface area (Å²) in [5, 5.41) is 7.62. The molecule has 6 heteroatoms. The van der Waals surface area contributed by atoms with Crippen molar-refractivity contribution < 1.29 is 4.74 Å². The SMILES string of the molecule is CCNCc1ncn(Cc2ccc(OC)c(Br)c2)n1. The third kappa shape index (κ3) is 3.78. The number of methoxy groups -OCH3 is 1. The van der Waals surface area contributed by atoms with Gasteiger partial charge in [-0.15, -0.1) is 0 Å². The maximum atomic E-state index is 5.21. The minimum Gasteiger partial charge on any atom is -0.496 e. The molecule has 0 saturated carbocycles. The lowest BCUT2D eigenvalue weighted by atomic mass is 10.2. The fourth-order valence-electron chi connectivity index (χ4n) is 1.72. The summed E-state index contributed by atoms with van der Waals surface area (Å²) >= 11 is 3.48. The van der Waals surface area contributed by atoms with Crippen LogP contribution in [0.3, 0.4) is 0 Å². The van der Waals surface area contributed by atoms with Crippen molar-refractivity contribution in [2.24, 2.45) is 0 Å². The van der Waals surface area contributed by atoms with E-state index in [-0.39, 0.29) is 0 Å². The third-order valence-electron chi connectivity index (χ3n) is 2.68. The summed E-state index contributed by atoms with van der Waals surface area (Å²) in [4.78, 5) is 4.26. The minimum atomic E-state index is 0.696. The summed E-state index contributed by atoms with van der Waals surface area (Å²) in [5.74, 6) is 1.64. The number of hydrogen-bond donors (Lipinski definition) is 1. The Kier molecular flexibility index (Phi) is 4.93. The highest BCUT2D eigenvalue weighted by atomic mass is 79.9. The van der Waals surface area contributed by atoms with Crippen LogP contribution < -0.4 is 10.1 Å². The summed E-state index contributed by atoms with van der Waals surface area (Å²) < 4.78 is 7.99. The van der Waals surface area contributed by atoms with Gasteiger partial charge in [-0.1, -0.05) is 13.0 Å². The molecule has 0 saturated heterocycles. The first-order chi connectivity index (χ1) is 9.22. The van der Waals surface area contributed by atoms with Gasteiger partial charge in [0.15, 0.2) is 5.82 Å². The van der Waals surface area contributed by atoms with E-state index in [4.69, 9.17) is 4.74 Å². The molecule has 0 aliphatic rings. The number of halogens is 1. The largest absolute Gasteiger partial charge is 0.496 e. The fourth-order valence-corrected chi connectivity index (χ4v) is 2.31. The second kappa shape index (κ2) is 6.68. The van der Waals surface area contributed by atoms with Crippen LogP contribution in [0.1, 0.15) is 18.3 Å². The van der Waals surface area contributed by atoms with Crippen molar-refractivity contribution >= 4 is 15.9 Å². The van der Waals surface area contributed by atoms with Gasteiger partial charge in [0.25, 0.3) is 0 Å². The third-order valence-corrected chi connectivity index (χ3v) is 3.30. The zero-order valence-corrected chi connectivity index (χ0v) is 12.6. The molecule has 0 radical (unpaired) electrons. The van der Waals surface area contributed by atoms with Crippen molar-refractivity contribution in [3.63, 3.8) is 0 Å². The quantitative estimate of drug-likeness (QED) is 0.885. The topological polar surface area (TPSA) is 52.0 Å². The van der Waals surface area contributed by atoms with E-state index in [1.54, 1.807) is 13.4 Å². The smallest absolute Gasteiger partial charge is 0.164 e. The second-order valence-electron chi connectivity index (χ2n) is 4.11. The average molecular weight is 325 g/mol. The lowest BCUT2D eigenvalue weighted by Gasteiger charge is -2.06. The molecule has 0 bridgehead atoms. The van der Waals surface area contributed by atoms with Crippen LogP contribution in [0, 0.1) is 0 Å². The molecule has 1 N–H and O–H groups in total. The van der Waals surface area contributed by atoms with Crippen molar-refractivity contribution in [1.82, 2.24) is 20.1 Å². The number of aromatic nitrogens is 3. The van der Waals surface area contributed by atoms with E-state index in [9.17, 15) is 0 Å². The Morgan fingerprint density at radius 3 is 2.95 bits per heavy atom. The monoisotopic (exact) mass is 324 g/mol. The fraction of sp³-hybridized carbons (Fsp3) is 0.385. The molecule has 0 aliphatic heterocycles. The van der Waals surface area contributed by atoms with Gasteiger partial charge in [0.05, 0.1) is 24.7 Å². The Morgan fingerprint density at radius 2 is 2.26 bits per heavy atom. The van der Waals surface area contributed by atoms with Crippen LogP contribution in [0.15, 0.2) is 29.0 Å². The van der Waals surface area contributed by atoms with Crippen molar-refractivity contribution in [3.05, 3.63) is 40.4 Å². The van der Waals surface area contributed by atoms with Crippen LogP contribution in [0.2, 0.25) is 0 Å². The van der Waals surface area contributed by atoms with Crippen LogP contribution in [0.5, 0.6) is 5.75 Å². The van der Waals surface area contributed by atoms with Crippen LogP contribution in [0.4, 0.5) is 0 Å². The number of rotatable bonds is 6. The second-order valence-corrected chi connectivity index (χ2v) is 4.96. The van der Waals surface area contributed by atoms with Gasteiger partial charge in [-0.3, -0.25) is 0 Å². The van der Waals surface area contributed by atoms with E-state index in [1.165, 1.54) is 0 Å². The maximum absolute atomic E-state index is 5.21. The predicted octanol–water partition coefficient (Wildman–Crippen LogP) is 2.21. The molecule has 1 heterocycles. The lowest BCUT2D eigenvalue weighted by Crippen LogP contribution is -2.13. The van der Waals surface area contributed by atoms with Gasteiger partial charge in [-0.05, 0) is 40.2 Å². The van der Waals surface area contributed by atoms with E-state index in [0.717, 1.165) is 28.2 Å². The highest BCUT2D eigenvalue weighted by molar-refractivity contribution is 9.10. The lowest BCUT2D eigenvalue weighted by molar-refractivity contribution is 0.412. The van der Waals surface area contributed by atoms with Crippen molar-refractivity contribution in [3.8, 4) is 5.75 Å². The molecule has 0 spiro atoms. The Hall–Kier alpha value is -1.40. The molecule has 0 amide bonds. The standard InChI is InChI=1S/C13H17BrN4O/c1-3-15-7-13-16-9-18(17-13)8-10-4-5-12(19-2)11(14)6-10/h4-6,9,15H,3,7-8H2,1-2H3. The van der Waals surface area contributed by atoms with E-state index < -0.39 is 0 Å². The van der Waals surface area contributed by atoms with Gasteiger partial charge >= 0.3 is 0 Å². The van der Waals surface area contributed by atoms with Gasteiger partial charge in [-0.25, -0.2) is 9.67 Å². The van der Waals surface area contributed by atoms with Crippen LogP contribution in [0.25, 0.3) is 0 Å². The summed E-state index contributed by atoms with van der Waals surface area (Å²) in [7, 11) is 1.66. The summed E-state index contributed by atoms with van der Waals surface area (Å²) in [5.41, 5.74) is 1.15. The molecular weight excluding hydrogens is 308 g/mol. The molecule has 0 aliphatic carbocycles. The molecule has 2 rings (SSSR count). The zero-order chi connectivity index (χ0) is 13.7. The first-order valence-corrected chi connectivity index (χ1v) is 6.93. The Balaban J connectivity index is 2.04. The first kappa shape index (κ1) is 14.0. The van der Waals surface area contributed by atoms with Crippen molar-refractivity contribution in [2.75, 3.05) is 13.7 Å². The van der Waals surface area contributed by atoms with Crippen LogP contribution >= 0.6 is 15.9 Å². The molecule has 102 valence electrons. The Morgan fingerprint density at radius 1 is 1.42 bits per heavy atom. The minimum absolute atomic E-state index is 0.696. The van der Waals surface area contributed by atoms with Crippen LogP contribution in [-0.4, -0.2) is 28.4 Å². The van der Waals surface area contributed by atoms with Gasteiger partial charge in [0, 0.05) is 0 Å². The Labute approximate surface area is 121 Å². The Bertz CT molecular complexity index is 541. The van der Waals surface area contributed by atoms with E-state index in [0.29, 0.717) is 13.1 Å². The van der Waals surface area contributed by atoms with Crippen molar-refractivity contribution in [2.45, 2.75) is 20.0 Å². The molecule has 0 atom stereocenters. The molecular formula is C13H17BrN4O. The van der Waals surface area contributed by atoms with Gasteiger partial charge in [0.1, 0.15) is 12.1 Å². The molecule has 0 fully saturated rings. The van der Waals surface area contributed by atoms with Gasteiger partial charge in [0.2, 0.25) is 0 Å². The van der Waals surface area contributed by atoms with E-state index >= 15 is 0 Å².